The number of aliphatic hydroxyl groups is 2. The Kier molecular flexibility index (Phi) is 5.08. The highest BCUT2D eigenvalue weighted by atomic mass is 79.9. The Bertz CT molecular complexity index is 291. The van der Waals surface area contributed by atoms with E-state index >= 15 is 0 Å². The summed E-state index contributed by atoms with van der Waals surface area (Å²) in [6, 6.07) is 6.00. The van der Waals surface area contributed by atoms with Gasteiger partial charge < -0.3 is 15.1 Å². The lowest BCUT2D eigenvalue weighted by Crippen LogP contribution is -2.28. The lowest BCUT2D eigenvalue weighted by Gasteiger charge is -2.23. The average molecular weight is 273 g/mol. The second-order valence-electron chi connectivity index (χ2n) is 3.34. The molecule has 1 aromatic carbocycles. The number of aryl methyl sites for hydroxylation is 1. The number of aliphatic hydroxyl groups excluding tert-OH is 2. The molecule has 0 aliphatic carbocycles. The molecule has 83 valence electrons. The van der Waals surface area contributed by atoms with Gasteiger partial charge in [0.25, 0.3) is 0 Å². The summed E-state index contributed by atoms with van der Waals surface area (Å²) in [7, 11) is 0. The maximum atomic E-state index is 8.91. The molecule has 0 amide bonds. The van der Waals surface area contributed by atoms with E-state index in [1.807, 2.05) is 30.0 Å². The van der Waals surface area contributed by atoms with E-state index in [9.17, 15) is 0 Å². The van der Waals surface area contributed by atoms with Crippen molar-refractivity contribution in [3.8, 4) is 0 Å². The molecule has 0 fully saturated rings. The molecular weight excluding hydrogens is 258 g/mol. The third-order valence-corrected chi connectivity index (χ3v) is 2.52. The Morgan fingerprint density at radius 3 is 2.67 bits per heavy atom. The molecule has 1 radical (unpaired) electrons. The van der Waals surface area contributed by atoms with Gasteiger partial charge in [-0.15, -0.1) is 0 Å². The van der Waals surface area contributed by atoms with Crippen LogP contribution >= 0.6 is 15.9 Å². The van der Waals surface area contributed by atoms with Crippen molar-refractivity contribution in [3.63, 3.8) is 0 Å². The zero-order chi connectivity index (χ0) is 11.3. The molecule has 1 aromatic rings. The maximum Gasteiger partial charge on any atom is 0.0990 e. The Labute approximate surface area is 98.5 Å². The summed E-state index contributed by atoms with van der Waals surface area (Å²) in [5.41, 5.74) is 2.13. The molecule has 1 rings (SSSR count). The van der Waals surface area contributed by atoms with Crippen LogP contribution in [-0.2, 0) is 0 Å². The monoisotopic (exact) mass is 272 g/mol. The fraction of sp³-hybridized carbons (Fsp3) is 0.364. The molecular formula is C11H15BrNO2. The first-order chi connectivity index (χ1) is 7.17. The van der Waals surface area contributed by atoms with Gasteiger partial charge in [0.1, 0.15) is 0 Å². The SMILES string of the molecule is Cc1cc(Br)cc(N(C[CH]O)CCO)c1. The van der Waals surface area contributed by atoms with Crippen molar-refractivity contribution in [3.05, 3.63) is 34.8 Å². The Hall–Kier alpha value is -0.580. The predicted octanol–water partition coefficient (Wildman–Crippen LogP) is 2.09. The van der Waals surface area contributed by atoms with E-state index in [-0.39, 0.29) is 6.61 Å². The molecule has 0 aromatic heterocycles. The summed E-state index contributed by atoms with van der Waals surface area (Å²) in [6.45, 7) is 4.09. The first kappa shape index (κ1) is 12.5. The van der Waals surface area contributed by atoms with Gasteiger partial charge in [0.05, 0.1) is 13.2 Å². The third kappa shape index (κ3) is 3.81. The average Bonchev–Trinajstić information content (AvgIpc) is 2.16. The van der Waals surface area contributed by atoms with Crippen LogP contribution in [0.1, 0.15) is 5.56 Å². The third-order valence-electron chi connectivity index (χ3n) is 2.06. The molecule has 3 nitrogen and oxygen atoms in total. The van der Waals surface area contributed by atoms with Gasteiger partial charge >= 0.3 is 0 Å². The van der Waals surface area contributed by atoms with E-state index in [1.54, 1.807) is 0 Å². The van der Waals surface area contributed by atoms with Crippen molar-refractivity contribution in [2.75, 3.05) is 24.6 Å². The van der Waals surface area contributed by atoms with Crippen molar-refractivity contribution < 1.29 is 10.2 Å². The summed E-state index contributed by atoms with van der Waals surface area (Å²) in [4.78, 5) is 1.90. The minimum Gasteiger partial charge on any atom is -0.395 e. The first-order valence-electron chi connectivity index (χ1n) is 4.76. The van der Waals surface area contributed by atoms with Crippen LogP contribution in [0.3, 0.4) is 0 Å². The van der Waals surface area contributed by atoms with Crippen molar-refractivity contribution >= 4 is 21.6 Å². The molecule has 0 heterocycles. The normalized spacial score (nSPS) is 10.4. The molecule has 0 spiro atoms. The molecule has 0 atom stereocenters. The number of halogens is 1. The molecule has 0 aliphatic rings. The van der Waals surface area contributed by atoms with Crippen molar-refractivity contribution in [1.82, 2.24) is 0 Å². The van der Waals surface area contributed by atoms with Crippen LogP contribution in [0, 0.1) is 13.5 Å². The molecule has 0 saturated carbocycles. The van der Waals surface area contributed by atoms with Crippen molar-refractivity contribution in [2.45, 2.75) is 6.92 Å². The summed E-state index contributed by atoms with van der Waals surface area (Å²) in [5, 5.41) is 17.7. The highest BCUT2D eigenvalue weighted by Gasteiger charge is 2.06. The number of rotatable bonds is 5. The minimum absolute atomic E-state index is 0.0689. The highest BCUT2D eigenvalue weighted by Crippen LogP contribution is 2.22. The standard InChI is InChI=1S/C11H15BrNO2/c1-9-6-10(12)8-11(7-9)13(2-4-14)3-5-15/h4,6-8,14-15H,2-3,5H2,1H3. The topological polar surface area (TPSA) is 43.7 Å². The Morgan fingerprint density at radius 2 is 2.13 bits per heavy atom. The predicted molar refractivity (Wildman–Crippen MR) is 64.4 cm³/mol. The quantitative estimate of drug-likeness (QED) is 0.863. The van der Waals surface area contributed by atoms with Gasteiger partial charge in [0.15, 0.2) is 0 Å². The van der Waals surface area contributed by atoms with Crippen LogP contribution in [0.2, 0.25) is 0 Å². The Balaban J connectivity index is 2.88. The van der Waals surface area contributed by atoms with Crippen LogP contribution in [0.5, 0.6) is 0 Å². The molecule has 0 aliphatic heterocycles. The first-order valence-corrected chi connectivity index (χ1v) is 5.55. The highest BCUT2D eigenvalue weighted by molar-refractivity contribution is 9.10. The maximum absolute atomic E-state index is 8.91. The van der Waals surface area contributed by atoms with E-state index in [1.165, 1.54) is 0 Å². The van der Waals surface area contributed by atoms with Crippen LogP contribution in [-0.4, -0.2) is 29.9 Å². The number of anilines is 1. The molecule has 4 heteroatoms. The fourth-order valence-corrected chi connectivity index (χ4v) is 2.04. The summed E-state index contributed by atoms with van der Waals surface area (Å²) in [6.07, 6.45) is 0. The number of nitrogens with zero attached hydrogens (tertiary/aromatic N) is 1. The lowest BCUT2D eigenvalue weighted by atomic mass is 10.2. The zero-order valence-electron chi connectivity index (χ0n) is 8.65. The van der Waals surface area contributed by atoms with Gasteiger partial charge in [-0.1, -0.05) is 15.9 Å². The van der Waals surface area contributed by atoms with Gasteiger partial charge in [0.2, 0.25) is 0 Å². The Morgan fingerprint density at radius 1 is 1.40 bits per heavy atom. The van der Waals surface area contributed by atoms with Gasteiger partial charge in [-0.2, -0.15) is 0 Å². The zero-order valence-corrected chi connectivity index (χ0v) is 10.2. The van der Waals surface area contributed by atoms with Crippen LogP contribution in [0.4, 0.5) is 5.69 Å². The van der Waals surface area contributed by atoms with E-state index < -0.39 is 0 Å². The van der Waals surface area contributed by atoms with E-state index in [2.05, 4.69) is 15.9 Å². The second-order valence-corrected chi connectivity index (χ2v) is 4.25. The largest absolute Gasteiger partial charge is 0.395 e. The minimum atomic E-state index is 0.0689. The van der Waals surface area contributed by atoms with Crippen LogP contribution in [0.15, 0.2) is 22.7 Å². The van der Waals surface area contributed by atoms with E-state index in [0.717, 1.165) is 22.3 Å². The summed E-state index contributed by atoms with van der Waals surface area (Å²) < 4.78 is 0.998. The fourth-order valence-electron chi connectivity index (χ4n) is 1.44. The molecule has 15 heavy (non-hydrogen) atoms. The number of benzene rings is 1. The van der Waals surface area contributed by atoms with Crippen LogP contribution in [0.25, 0.3) is 0 Å². The molecule has 0 unspecified atom stereocenters. The number of hydrogen-bond donors (Lipinski definition) is 2. The summed E-state index contributed by atoms with van der Waals surface area (Å²) in [5.74, 6) is 0. The van der Waals surface area contributed by atoms with Crippen LogP contribution < -0.4 is 4.90 Å². The number of hydrogen-bond acceptors (Lipinski definition) is 3. The van der Waals surface area contributed by atoms with E-state index in [4.69, 9.17) is 10.2 Å². The van der Waals surface area contributed by atoms with Crippen molar-refractivity contribution in [1.29, 1.82) is 0 Å². The van der Waals surface area contributed by atoms with Crippen molar-refractivity contribution in [2.24, 2.45) is 0 Å². The van der Waals surface area contributed by atoms with Gasteiger partial charge in [0, 0.05) is 23.2 Å². The van der Waals surface area contributed by atoms with Gasteiger partial charge in [-0.05, 0) is 30.7 Å². The second kappa shape index (κ2) is 6.10. The van der Waals surface area contributed by atoms with E-state index in [0.29, 0.717) is 13.1 Å². The molecule has 0 bridgehead atoms. The smallest absolute Gasteiger partial charge is 0.0990 e. The lowest BCUT2D eigenvalue weighted by molar-refractivity contribution is 0.299. The molecule has 2 N–H and O–H groups in total. The van der Waals surface area contributed by atoms with Gasteiger partial charge in [-0.3, -0.25) is 0 Å². The molecule has 0 saturated heterocycles. The van der Waals surface area contributed by atoms with Gasteiger partial charge in [-0.25, -0.2) is 0 Å². The summed E-state index contributed by atoms with van der Waals surface area (Å²) >= 11 is 3.42.